The third-order valence-corrected chi connectivity index (χ3v) is 1.85. The molecule has 2 heterocycles. The van der Waals surface area contributed by atoms with Crippen molar-refractivity contribution in [3.63, 3.8) is 0 Å². The Morgan fingerprint density at radius 3 is 3.14 bits per heavy atom. The summed E-state index contributed by atoms with van der Waals surface area (Å²) in [6, 6.07) is 0. The van der Waals surface area contributed by atoms with Crippen LogP contribution in [0.4, 0.5) is 0 Å². The molecular weight excluding hydrogens is 204 g/mol. The highest BCUT2D eigenvalue weighted by molar-refractivity contribution is 6.34. The maximum absolute atomic E-state index is 10.0. The lowest BCUT2D eigenvalue weighted by molar-refractivity contribution is -0.103. The number of nitrogens with one attached hydrogen (secondary N) is 1. The van der Waals surface area contributed by atoms with Crippen molar-refractivity contribution in [1.29, 1.82) is 0 Å². The van der Waals surface area contributed by atoms with Crippen LogP contribution in [0, 0.1) is 11.8 Å². The molecule has 0 amide bonds. The van der Waals surface area contributed by atoms with E-state index in [1.807, 2.05) is 0 Å². The van der Waals surface area contributed by atoms with Crippen LogP contribution < -0.4 is 0 Å². The van der Waals surface area contributed by atoms with E-state index in [-0.39, 0.29) is 5.15 Å². The fraction of sp³-hybridized carbons (Fsp3) is 0. The number of hydrogen-bond donors (Lipinski definition) is 1. The zero-order valence-corrected chi connectivity index (χ0v) is 7.54. The van der Waals surface area contributed by atoms with Crippen molar-refractivity contribution in [1.82, 2.24) is 20.2 Å². The lowest BCUT2D eigenvalue weighted by atomic mass is 10.3. The molecule has 1 N–H and O–H groups in total. The number of nitrogens with zero attached hydrogens (tertiary/aromatic N) is 3. The maximum atomic E-state index is 10.0. The minimum atomic E-state index is 0.263. The first-order valence-electron chi connectivity index (χ1n) is 3.62. The van der Waals surface area contributed by atoms with Gasteiger partial charge in [0.25, 0.3) is 0 Å². The first-order chi connectivity index (χ1) is 6.83. The van der Waals surface area contributed by atoms with Gasteiger partial charge in [0.2, 0.25) is 0 Å². The van der Waals surface area contributed by atoms with Gasteiger partial charge < -0.3 is 0 Å². The highest BCUT2D eigenvalue weighted by Gasteiger charge is 2.08. The van der Waals surface area contributed by atoms with Crippen LogP contribution in [-0.4, -0.2) is 26.5 Å². The Hall–Kier alpha value is -1.93. The molecule has 0 unspecified atom stereocenters. The number of aromatic amines is 1. The van der Waals surface area contributed by atoms with Gasteiger partial charge in [-0.05, 0) is 11.8 Å². The molecule has 0 fully saturated rings. The SMILES string of the molecule is O=CC#Cc1[nH]nc2ncnc(Cl)c12. The molecule has 0 atom stereocenters. The van der Waals surface area contributed by atoms with Crippen molar-refractivity contribution in [2.45, 2.75) is 0 Å². The number of rotatable bonds is 0. The summed E-state index contributed by atoms with van der Waals surface area (Å²) in [4.78, 5) is 17.7. The van der Waals surface area contributed by atoms with E-state index in [9.17, 15) is 4.79 Å². The summed E-state index contributed by atoms with van der Waals surface area (Å²) in [6.45, 7) is 0. The van der Waals surface area contributed by atoms with Crippen LogP contribution in [0.3, 0.4) is 0 Å². The van der Waals surface area contributed by atoms with Crippen molar-refractivity contribution in [3.8, 4) is 11.8 Å². The van der Waals surface area contributed by atoms with Gasteiger partial charge in [0.15, 0.2) is 11.9 Å². The Labute approximate surface area is 83.5 Å². The van der Waals surface area contributed by atoms with Gasteiger partial charge >= 0.3 is 0 Å². The second kappa shape index (κ2) is 3.44. The molecule has 2 rings (SSSR count). The van der Waals surface area contributed by atoms with Crippen molar-refractivity contribution < 1.29 is 4.79 Å². The van der Waals surface area contributed by atoms with E-state index in [4.69, 9.17) is 11.6 Å². The molecule has 2 aromatic rings. The third kappa shape index (κ3) is 1.32. The molecule has 68 valence electrons. The summed E-state index contributed by atoms with van der Waals surface area (Å²) < 4.78 is 0. The quantitative estimate of drug-likeness (QED) is 0.388. The number of carbonyl (C=O) groups excluding carboxylic acids is 1. The van der Waals surface area contributed by atoms with E-state index < -0.39 is 0 Å². The summed E-state index contributed by atoms with van der Waals surface area (Å²) in [5, 5.41) is 7.27. The van der Waals surface area contributed by atoms with Crippen LogP contribution in [0.1, 0.15) is 5.69 Å². The van der Waals surface area contributed by atoms with Crippen molar-refractivity contribution in [3.05, 3.63) is 17.2 Å². The predicted octanol–water partition coefficient (Wildman–Crippen LogP) is 0.557. The maximum Gasteiger partial charge on any atom is 0.193 e. The van der Waals surface area contributed by atoms with Crippen LogP contribution in [0.15, 0.2) is 6.33 Å². The summed E-state index contributed by atoms with van der Waals surface area (Å²) >= 11 is 5.82. The molecule has 0 aromatic carbocycles. The van der Waals surface area contributed by atoms with Crippen molar-refractivity contribution in [2.24, 2.45) is 0 Å². The summed E-state index contributed by atoms with van der Waals surface area (Å²) in [5.74, 6) is 4.81. The van der Waals surface area contributed by atoms with Gasteiger partial charge in [-0.3, -0.25) is 9.89 Å². The van der Waals surface area contributed by atoms with E-state index in [2.05, 4.69) is 32.0 Å². The molecule has 0 saturated heterocycles. The highest BCUT2D eigenvalue weighted by Crippen LogP contribution is 2.19. The van der Waals surface area contributed by atoms with E-state index in [1.54, 1.807) is 0 Å². The molecule has 0 aliphatic heterocycles. The van der Waals surface area contributed by atoms with Gasteiger partial charge in [0.05, 0.1) is 5.39 Å². The van der Waals surface area contributed by atoms with Crippen LogP contribution in [-0.2, 0) is 4.79 Å². The standard InChI is InChI=1S/C8H3ClN4O/c9-7-6-5(2-1-3-14)12-13-8(6)11-4-10-7/h3-4H,(H,10,11,12,13). The Balaban J connectivity index is 2.73. The van der Waals surface area contributed by atoms with Gasteiger partial charge in [-0.2, -0.15) is 5.10 Å². The molecule has 0 aliphatic carbocycles. The molecule has 0 saturated carbocycles. The zero-order valence-electron chi connectivity index (χ0n) is 6.78. The number of halogens is 1. The van der Waals surface area contributed by atoms with Crippen LogP contribution >= 0.6 is 11.6 Å². The second-order valence-corrected chi connectivity index (χ2v) is 2.71. The number of aromatic nitrogens is 4. The summed E-state index contributed by atoms with van der Waals surface area (Å²) in [6.07, 6.45) is 1.80. The van der Waals surface area contributed by atoms with E-state index >= 15 is 0 Å². The average molecular weight is 207 g/mol. The Morgan fingerprint density at radius 2 is 2.36 bits per heavy atom. The smallest absolute Gasteiger partial charge is 0.193 e. The summed E-state index contributed by atoms with van der Waals surface area (Å²) in [5.41, 5.74) is 0.873. The van der Waals surface area contributed by atoms with E-state index in [1.165, 1.54) is 6.33 Å². The minimum absolute atomic E-state index is 0.263. The largest absolute Gasteiger partial charge is 0.289 e. The molecule has 6 heteroatoms. The Kier molecular flexibility index (Phi) is 2.13. The van der Waals surface area contributed by atoms with Gasteiger partial charge in [0, 0.05) is 0 Å². The number of aldehydes is 1. The number of H-pyrrole nitrogens is 1. The van der Waals surface area contributed by atoms with Gasteiger partial charge in [-0.1, -0.05) is 11.6 Å². The Morgan fingerprint density at radius 1 is 1.50 bits per heavy atom. The lowest BCUT2D eigenvalue weighted by Crippen LogP contribution is -1.82. The van der Waals surface area contributed by atoms with Crippen molar-refractivity contribution in [2.75, 3.05) is 0 Å². The van der Waals surface area contributed by atoms with Crippen LogP contribution in [0.5, 0.6) is 0 Å². The van der Waals surface area contributed by atoms with Gasteiger partial charge in [-0.15, -0.1) is 0 Å². The van der Waals surface area contributed by atoms with E-state index in [0.717, 1.165) is 0 Å². The number of carbonyl (C=O) groups is 1. The van der Waals surface area contributed by atoms with Crippen LogP contribution in [0.25, 0.3) is 11.0 Å². The molecule has 2 aromatic heterocycles. The zero-order chi connectivity index (χ0) is 9.97. The highest BCUT2D eigenvalue weighted by atomic mass is 35.5. The molecule has 0 bridgehead atoms. The first-order valence-corrected chi connectivity index (χ1v) is 4.00. The molecule has 14 heavy (non-hydrogen) atoms. The topological polar surface area (TPSA) is 71.5 Å². The third-order valence-electron chi connectivity index (χ3n) is 1.56. The number of fused-ring (bicyclic) bond motifs is 1. The average Bonchev–Trinajstić information content (AvgIpc) is 2.59. The second-order valence-electron chi connectivity index (χ2n) is 2.35. The van der Waals surface area contributed by atoms with Crippen LogP contribution in [0.2, 0.25) is 5.15 Å². The van der Waals surface area contributed by atoms with Crippen molar-refractivity contribution >= 4 is 28.9 Å². The monoisotopic (exact) mass is 206 g/mol. The molecule has 0 radical (unpaired) electrons. The van der Waals surface area contributed by atoms with E-state index in [0.29, 0.717) is 23.0 Å². The molecule has 5 nitrogen and oxygen atoms in total. The molecule has 0 spiro atoms. The molecular formula is C8H3ClN4O. The predicted molar refractivity (Wildman–Crippen MR) is 49.6 cm³/mol. The number of hydrogen-bond acceptors (Lipinski definition) is 4. The van der Waals surface area contributed by atoms with Gasteiger partial charge in [-0.25, -0.2) is 9.97 Å². The lowest BCUT2D eigenvalue weighted by Gasteiger charge is -1.89. The normalized spacial score (nSPS) is 9.50. The fourth-order valence-electron chi connectivity index (χ4n) is 1.01. The van der Waals surface area contributed by atoms with Gasteiger partial charge in [0.1, 0.15) is 17.2 Å². The summed E-state index contributed by atoms with van der Waals surface area (Å²) in [7, 11) is 0. The first kappa shape index (κ1) is 8.66. The Bertz CT molecular complexity index is 551. The minimum Gasteiger partial charge on any atom is -0.289 e. The molecule has 0 aliphatic rings. The fourth-order valence-corrected chi connectivity index (χ4v) is 1.23.